The normalized spacial score (nSPS) is 28.6. The van der Waals surface area contributed by atoms with Gasteiger partial charge in [0.1, 0.15) is 5.60 Å². The molecule has 1 aromatic rings. The highest BCUT2D eigenvalue weighted by Gasteiger charge is 2.48. The third-order valence-electron chi connectivity index (χ3n) is 4.05. The molecule has 2 aliphatic rings. The van der Waals surface area contributed by atoms with Crippen molar-refractivity contribution in [3.8, 4) is 0 Å². The quantitative estimate of drug-likeness (QED) is 0.825. The fraction of sp³-hybridized carbons (Fsp3) is 0.667. The molecule has 2 N–H and O–H groups in total. The molecule has 1 saturated carbocycles. The van der Waals surface area contributed by atoms with Gasteiger partial charge >= 0.3 is 6.09 Å². The lowest BCUT2D eigenvalue weighted by Crippen LogP contribution is -2.63. The smallest absolute Gasteiger partial charge is 0.407 e. The Morgan fingerprint density at radius 3 is 2.95 bits per heavy atom. The van der Waals surface area contributed by atoms with Crippen molar-refractivity contribution in [2.45, 2.75) is 57.3 Å². The van der Waals surface area contributed by atoms with E-state index in [4.69, 9.17) is 4.74 Å². The molecule has 1 aliphatic heterocycles. The Morgan fingerprint density at radius 1 is 1.50 bits per heavy atom. The Balaban J connectivity index is 1.59. The maximum atomic E-state index is 11.8. The highest BCUT2D eigenvalue weighted by atomic mass is 16.6. The lowest BCUT2D eigenvalue weighted by atomic mass is 9.69. The van der Waals surface area contributed by atoms with Gasteiger partial charge in [0.15, 0.2) is 0 Å². The molecule has 3 rings (SSSR count). The maximum absolute atomic E-state index is 11.8. The van der Waals surface area contributed by atoms with Crippen LogP contribution < -0.4 is 10.6 Å². The predicted molar refractivity (Wildman–Crippen MR) is 76.5 cm³/mol. The summed E-state index contributed by atoms with van der Waals surface area (Å²) in [5.74, 6) is 0. The number of carbonyl (C=O) groups excluding carboxylic acids is 1. The summed E-state index contributed by atoms with van der Waals surface area (Å²) in [5.41, 5.74) is 0.941. The van der Waals surface area contributed by atoms with E-state index in [0.29, 0.717) is 0 Å². The molecule has 1 spiro atoms. The van der Waals surface area contributed by atoms with Crippen molar-refractivity contribution in [1.29, 1.82) is 0 Å². The summed E-state index contributed by atoms with van der Waals surface area (Å²) in [6.07, 6.45) is 3.67. The van der Waals surface area contributed by atoms with Crippen LogP contribution in [0.5, 0.6) is 0 Å². The molecule has 2 heterocycles. The van der Waals surface area contributed by atoms with Gasteiger partial charge in [0.05, 0.1) is 5.54 Å². The van der Waals surface area contributed by atoms with Gasteiger partial charge in [0.2, 0.25) is 0 Å². The molecule has 0 unspecified atom stereocenters. The predicted octanol–water partition coefficient (Wildman–Crippen LogP) is 1.97. The number of fused-ring (bicyclic) bond motifs is 2. The summed E-state index contributed by atoms with van der Waals surface area (Å²) in [7, 11) is 0. The van der Waals surface area contributed by atoms with Crippen molar-refractivity contribution in [3.63, 3.8) is 0 Å². The maximum Gasteiger partial charge on any atom is 0.407 e. The zero-order chi connectivity index (χ0) is 14.4. The van der Waals surface area contributed by atoms with Gasteiger partial charge in [-0.25, -0.2) is 4.79 Å². The van der Waals surface area contributed by atoms with Crippen molar-refractivity contribution in [2.24, 2.45) is 0 Å². The van der Waals surface area contributed by atoms with Crippen LogP contribution in [0, 0.1) is 0 Å². The number of alkyl carbamates (subject to hydrolysis) is 1. The van der Waals surface area contributed by atoms with Crippen LogP contribution >= 0.6 is 0 Å². The molecule has 1 aliphatic carbocycles. The van der Waals surface area contributed by atoms with Gasteiger partial charge in [-0.3, -0.25) is 0 Å². The summed E-state index contributed by atoms with van der Waals surface area (Å²) in [4.78, 5) is 11.8. The Morgan fingerprint density at radius 2 is 2.25 bits per heavy atom. The fourth-order valence-electron chi connectivity index (χ4n) is 3.26. The van der Waals surface area contributed by atoms with Crippen LogP contribution in [0.3, 0.4) is 0 Å². The largest absolute Gasteiger partial charge is 0.444 e. The molecule has 0 saturated heterocycles. The topological polar surface area (TPSA) is 55.3 Å². The average molecular weight is 277 g/mol. The highest BCUT2D eigenvalue weighted by molar-refractivity contribution is 5.68. The second-order valence-electron chi connectivity index (χ2n) is 6.85. The Labute approximate surface area is 119 Å². The Bertz CT molecular complexity index is 509. The molecule has 20 heavy (non-hydrogen) atoms. The van der Waals surface area contributed by atoms with Crippen molar-refractivity contribution in [2.75, 3.05) is 6.54 Å². The lowest BCUT2D eigenvalue weighted by molar-refractivity contribution is 0.0375. The van der Waals surface area contributed by atoms with E-state index >= 15 is 0 Å². The van der Waals surface area contributed by atoms with Crippen LogP contribution in [0.4, 0.5) is 4.79 Å². The van der Waals surface area contributed by atoms with Crippen LogP contribution in [-0.4, -0.2) is 28.8 Å². The number of amides is 1. The van der Waals surface area contributed by atoms with E-state index in [2.05, 4.69) is 33.5 Å². The number of nitrogens with one attached hydrogen (secondary N) is 2. The van der Waals surface area contributed by atoms with Gasteiger partial charge in [-0.1, -0.05) is 0 Å². The monoisotopic (exact) mass is 277 g/mol. The molecule has 5 heteroatoms. The first-order chi connectivity index (χ1) is 9.38. The number of hydrogen-bond acceptors (Lipinski definition) is 3. The zero-order valence-electron chi connectivity index (χ0n) is 12.4. The standard InChI is InChI=1S/C15H23N3O2/c1-14(2,3)20-13(19)17-11-9-15(10-11)12-5-4-7-18(12)8-6-16-15/h4-5,7,11,16H,6,8-10H2,1-3H3,(H,17,19). The van der Waals surface area contributed by atoms with E-state index in [1.54, 1.807) is 0 Å². The molecule has 0 aromatic carbocycles. The first-order valence-corrected chi connectivity index (χ1v) is 7.28. The Hall–Kier alpha value is -1.49. The number of nitrogens with zero attached hydrogens (tertiary/aromatic N) is 1. The molecule has 1 aromatic heterocycles. The van der Waals surface area contributed by atoms with Gasteiger partial charge in [-0.05, 0) is 45.7 Å². The number of hydrogen-bond donors (Lipinski definition) is 2. The second kappa shape index (κ2) is 4.52. The van der Waals surface area contributed by atoms with E-state index in [0.717, 1.165) is 25.9 Å². The van der Waals surface area contributed by atoms with Crippen LogP contribution in [0.1, 0.15) is 39.3 Å². The summed E-state index contributed by atoms with van der Waals surface area (Å²) >= 11 is 0. The first-order valence-electron chi connectivity index (χ1n) is 7.28. The highest BCUT2D eigenvalue weighted by Crippen LogP contribution is 2.43. The summed E-state index contributed by atoms with van der Waals surface area (Å²) < 4.78 is 7.60. The van der Waals surface area contributed by atoms with E-state index in [1.165, 1.54) is 5.69 Å². The van der Waals surface area contributed by atoms with Crippen molar-refractivity contribution >= 4 is 6.09 Å². The minimum absolute atomic E-state index is 0.0431. The molecule has 1 amide bonds. The van der Waals surface area contributed by atoms with Gasteiger partial charge < -0.3 is 19.9 Å². The molecule has 110 valence electrons. The van der Waals surface area contributed by atoms with Gasteiger partial charge in [-0.2, -0.15) is 0 Å². The third kappa shape index (κ3) is 2.42. The number of carbonyl (C=O) groups is 1. The minimum atomic E-state index is -0.441. The van der Waals surface area contributed by atoms with Crippen LogP contribution in [0.2, 0.25) is 0 Å². The van der Waals surface area contributed by atoms with E-state index < -0.39 is 5.60 Å². The summed E-state index contributed by atoms with van der Waals surface area (Å²) in [5, 5.41) is 6.57. The van der Waals surface area contributed by atoms with Crippen LogP contribution in [-0.2, 0) is 16.8 Å². The van der Waals surface area contributed by atoms with Crippen molar-refractivity contribution in [1.82, 2.24) is 15.2 Å². The second-order valence-corrected chi connectivity index (χ2v) is 6.85. The SMILES string of the molecule is CC(C)(C)OC(=O)NC1CC2(C1)NCCn1cccc12. The molecular formula is C15H23N3O2. The number of aromatic nitrogens is 1. The molecule has 0 radical (unpaired) electrons. The van der Waals surface area contributed by atoms with Crippen molar-refractivity contribution < 1.29 is 9.53 Å². The minimum Gasteiger partial charge on any atom is -0.444 e. The van der Waals surface area contributed by atoms with E-state index in [1.807, 2.05) is 20.8 Å². The van der Waals surface area contributed by atoms with E-state index in [-0.39, 0.29) is 17.7 Å². The third-order valence-corrected chi connectivity index (χ3v) is 4.05. The van der Waals surface area contributed by atoms with E-state index in [9.17, 15) is 4.79 Å². The van der Waals surface area contributed by atoms with Gasteiger partial charge in [0, 0.05) is 31.0 Å². The van der Waals surface area contributed by atoms with Crippen LogP contribution in [0.15, 0.2) is 18.3 Å². The van der Waals surface area contributed by atoms with Crippen LogP contribution in [0.25, 0.3) is 0 Å². The summed E-state index contributed by atoms with van der Waals surface area (Å²) in [6.45, 7) is 7.65. The number of rotatable bonds is 1. The zero-order valence-corrected chi connectivity index (χ0v) is 12.4. The molecule has 0 bridgehead atoms. The summed E-state index contributed by atoms with van der Waals surface area (Å²) in [6, 6.07) is 4.47. The molecular weight excluding hydrogens is 254 g/mol. The average Bonchev–Trinajstić information content (AvgIpc) is 2.73. The van der Waals surface area contributed by atoms with Crippen molar-refractivity contribution in [3.05, 3.63) is 24.0 Å². The Kier molecular flexibility index (Phi) is 3.05. The molecule has 1 fully saturated rings. The van der Waals surface area contributed by atoms with Gasteiger partial charge in [0.25, 0.3) is 0 Å². The number of ether oxygens (including phenoxy) is 1. The van der Waals surface area contributed by atoms with Gasteiger partial charge in [-0.15, -0.1) is 0 Å². The molecule has 0 atom stereocenters. The fourth-order valence-corrected chi connectivity index (χ4v) is 3.26. The first kappa shape index (κ1) is 13.5. The molecule has 5 nitrogen and oxygen atoms in total. The lowest BCUT2D eigenvalue weighted by Gasteiger charge is -2.51.